The Kier molecular flexibility index (Phi) is 6.96. The fourth-order valence-electron chi connectivity index (χ4n) is 2.85. The highest BCUT2D eigenvalue weighted by molar-refractivity contribution is 6.01. The molecule has 0 bridgehead atoms. The second-order valence-corrected chi connectivity index (χ2v) is 6.72. The van der Waals surface area contributed by atoms with Gasteiger partial charge in [0.2, 0.25) is 0 Å². The van der Waals surface area contributed by atoms with Gasteiger partial charge < -0.3 is 10.1 Å². The number of nitriles is 1. The third-order valence-corrected chi connectivity index (χ3v) is 4.56. The first-order chi connectivity index (χ1) is 14.6. The minimum atomic E-state index is -0.436. The van der Waals surface area contributed by atoms with E-state index in [9.17, 15) is 14.4 Å². The summed E-state index contributed by atoms with van der Waals surface area (Å²) in [5.74, 6) is -0.184. The molecule has 0 aliphatic carbocycles. The van der Waals surface area contributed by atoms with Crippen LogP contribution in [-0.2, 0) is 11.4 Å². The zero-order chi connectivity index (χ0) is 21.3. The summed E-state index contributed by atoms with van der Waals surface area (Å²) in [5, 5.41) is 12.2. The molecule has 1 amide bonds. The second kappa shape index (κ2) is 10.0. The van der Waals surface area contributed by atoms with Crippen molar-refractivity contribution in [1.29, 1.82) is 5.26 Å². The molecule has 4 nitrogen and oxygen atoms in total. The predicted octanol–water partition coefficient (Wildman–Crippen LogP) is 5.19. The lowest BCUT2D eigenvalue weighted by Gasteiger charge is -2.13. The van der Waals surface area contributed by atoms with Crippen LogP contribution in [0.1, 0.15) is 29.7 Å². The zero-order valence-corrected chi connectivity index (χ0v) is 16.5. The molecule has 3 rings (SSSR count). The fraction of sp³-hybridized carbons (Fsp3) is 0.120. The number of hydrogen-bond acceptors (Lipinski definition) is 3. The molecule has 0 aliphatic heterocycles. The monoisotopic (exact) mass is 400 g/mol. The fourth-order valence-corrected chi connectivity index (χ4v) is 2.85. The number of nitrogens with one attached hydrogen (secondary N) is 1. The van der Waals surface area contributed by atoms with Gasteiger partial charge in [-0.05, 0) is 42.3 Å². The number of carbonyl (C=O) groups excluding carboxylic acids is 1. The summed E-state index contributed by atoms with van der Waals surface area (Å²) in [6, 6.07) is 24.6. The van der Waals surface area contributed by atoms with Crippen LogP contribution in [0.5, 0.6) is 5.75 Å². The number of ether oxygens (including phenoxy) is 1. The third kappa shape index (κ3) is 5.55. The molecule has 3 aromatic rings. The molecule has 1 atom stereocenters. The minimum absolute atomic E-state index is 0.0119. The largest absolute Gasteiger partial charge is 0.489 e. The van der Waals surface area contributed by atoms with Crippen molar-refractivity contribution in [1.82, 2.24) is 5.32 Å². The van der Waals surface area contributed by atoms with Gasteiger partial charge >= 0.3 is 0 Å². The van der Waals surface area contributed by atoms with E-state index >= 15 is 0 Å². The lowest BCUT2D eigenvalue weighted by Crippen LogP contribution is -2.27. The first-order valence-corrected chi connectivity index (χ1v) is 9.50. The van der Waals surface area contributed by atoms with E-state index < -0.39 is 5.91 Å². The van der Waals surface area contributed by atoms with Crippen LogP contribution in [0.4, 0.5) is 4.39 Å². The summed E-state index contributed by atoms with van der Waals surface area (Å²) in [7, 11) is 0. The molecule has 0 unspecified atom stereocenters. The average Bonchev–Trinajstić information content (AvgIpc) is 2.78. The summed E-state index contributed by atoms with van der Waals surface area (Å²) in [6.07, 6.45) is 1.52. The number of hydrogen-bond donors (Lipinski definition) is 1. The Balaban J connectivity index is 1.63. The number of benzene rings is 3. The lowest BCUT2D eigenvalue weighted by molar-refractivity contribution is -0.117. The summed E-state index contributed by atoms with van der Waals surface area (Å²) >= 11 is 0. The highest BCUT2D eigenvalue weighted by atomic mass is 19.1. The zero-order valence-electron chi connectivity index (χ0n) is 16.5. The minimum Gasteiger partial charge on any atom is -0.489 e. The van der Waals surface area contributed by atoms with Gasteiger partial charge in [-0.25, -0.2) is 4.39 Å². The maximum absolute atomic E-state index is 13.7. The quantitative estimate of drug-likeness (QED) is 0.439. The van der Waals surface area contributed by atoms with Crippen LogP contribution in [-0.4, -0.2) is 5.91 Å². The van der Waals surface area contributed by atoms with E-state index in [1.165, 1.54) is 12.1 Å². The van der Waals surface area contributed by atoms with Crippen LogP contribution < -0.4 is 10.1 Å². The van der Waals surface area contributed by atoms with E-state index in [0.717, 1.165) is 5.56 Å². The van der Waals surface area contributed by atoms with Crippen LogP contribution in [0, 0.1) is 17.1 Å². The van der Waals surface area contributed by atoms with E-state index in [2.05, 4.69) is 5.32 Å². The van der Waals surface area contributed by atoms with E-state index in [1.807, 2.05) is 43.3 Å². The van der Waals surface area contributed by atoms with Crippen molar-refractivity contribution in [3.63, 3.8) is 0 Å². The molecular weight excluding hydrogens is 379 g/mol. The first-order valence-electron chi connectivity index (χ1n) is 9.50. The Morgan fingerprint density at radius 1 is 1.07 bits per heavy atom. The number of amides is 1. The van der Waals surface area contributed by atoms with Crippen molar-refractivity contribution in [2.45, 2.75) is 19.6 Å². The van der Waals surface area contributed by atoms with Crippen molar-refractivity contribution >= 4 is 12.0 Å². The Labute approximate surface area is 175 Å². The molecule has 0 saturated heterocycles. The second-order valence-electron chi connectivity index (χ2n) is 6.72. The molecule has 0 saturated carbocycles. The van der Waals surface area contributed by atoms with E-state index in [-0.39, 0.29) is 24.0 Å². The molecule has 1 N–H and O–H groups in total. The van der Waals surface area contributed by atoms with Crippen molar-refractivity contribution in [3.05, 3.63) is 107 Å². The van der Waals surface area contributed by atoms with Gasteiger partial charge in [-0.2, -0.15) is 5.26 Å². The summed E-state index contributed by atoms with van der Waals surface area (Å²) in [5.41, 5.74) is 2.13. The molecule has 0 radical (unpaired) electrons. The smallest absolute Gasteiger partial charge is 0.262 e. The molecule has 0 heterocycles. The van der Waals surface area contributed by atoms with Crippen molar-refractivity contribution in [3.8, 4) is 11.8 Å². The number of carbonyl (C=O) groups is 1. The molecule has 30 heavy (non-hydrogen) atoms. The Hall–Kier alpha value is -3.91. The summed E-state index contributed by atoms with van der Waals surface area (Å²) < 4.78 is 19.3. The van der Waals surface area contributed by atoms with Crippen LogP contribution in [0.3, 0.4) is 0 Å². The maximum Gasteiger partial charge on any atom is 0.262 e. The van der Waals surface area contributed by atoms with Gasteiger partial charge in [-0.15, -0.1) is 0 Å². The standard InChI is InChI=1S/C25H21FN2O2/c1-18(20-7-3-2-4-8-20)28-25(29)22(16-27)15-19-11-13-23(14-12-19)30-17-21-9-5-6-10-24(21)26/h2-15,18H,17H2,1H3,(H,28,29)/b22-15-/t18-/m0/s1. The number of halogens is 1. The maximum atomic E-state index is 13.7. The lowest BCUT2D eigenvalue weighted by atomic mass is 10.1. The average molecular weight is 400 g/mol. The van der Waals surface area contributed by atoms with E-state index in [1.54, 1.807) is 42.5 Å². The van der Waals surface area contributed by atoms with Gasteiger partial charge in [-0.1, -0.05) is 60.7 Å². The SMILES string of the molecule is C[C@H](NC(=O)/C(C#N)=C\c1ccc(OCc2ccccc2F)cc1)c1ccccc1. The number of rotatable bonds is 7. The topological polar surface area (TPSA) is 62.1 Å². The molecule has 3 aromatic carbocycles. The van der Waals surface area contributed by atoms with Gasteiger partial charge in [0.25, 0.3) is 5.91 Å². The van der Waals surface area contributed by atoms with Gasteiger partial charge in [0.05, 0.1) is 6.04 Å². The molecule has 150 valence electrons. The molecule has 5 heteroatoms. The third-order valence-electron chi connectivity index (χ3n) is 4.56. The van der Waals surface area contributed by atoms with Crippen LogP contribution in [0.15, 0.2) is 84.4 Å². The summed E-state index contributed by atoms with van der Waals surface area (Å²) in [6.45, 7) is 1.98. The normalized spacial score (nSPS) is 12.0. The molecule has 0 spiro atoms. The number of nitrogens with zero attached hydrogens (tertiary/aromatic N) is 1. The molecule has 0 fully saturated rings. The van der Waals surface area contributed by atoms with Crippen molar-refractivity contribution in [2.75, 3.05) is 0 Å². The predicted molar refractivity (Wildman–Crippen MR) is 114 cm³/mol. The van der Waals surface area contributed by atoms with Crippen LogP contribution in [0.25, 0.3) is 6.08 Å². The van der Waals surface area contributed by atoms with Crippen molar-refractivity contribution < 1.29 is 13.9 Å². The van der Waals surface area contributed by atoms with Crippen molar-refractivity contribution in [2.24, 2.45) is 0 Å². The first kappa shape index (κ1) is 20.8. The van der Waals surface area contributed by atoms with E-state index in [4.69, 9.17) is 4.74 Å². The van der Waals surface area contributed by atoms with Gasteiger partial charge in [0.15, 0.2) is 0 Å². The van der Waals surface area contributed by atoms with Gasteiger partial charge in [-0.3, -0.25) is 4.79 Å². The Morgan fingerprint density at radius 2 is 1.73 bits per heavy atom. The highest BCUT2D eigenvalue weighted by Gasteiger charge is 2.13. The highest BCUT2D eigenvalue weighted by Crippen LogP contribution is 2.18. The van der Waals surface area contributed by atoms with Gasteiger partial charge in [0.1, 0.15) is 29.8 Å². The van der Waals surface area contributed by atoms with E-state index in [0.29, 0.717) is 16.9 Å². The van der Waals surface area contributed by atoms with Crippen LogP contribution in [0.2, 0.25) is 0 Å². The Morgan fingerprint density at radius 3 is 2.40 bits per heavy atom. The summed E-state index contributed by atoms with van der Waals surface area (Å²) in [4.78, 5) is 12.5. The molecule has 0 aromatic heterocycles. The van der Waals surface area contributed by atoms with Gasteiger partial charge in [0, 0.05) is 5.56 Å². The Bertz CT molecular complexity index is 1070. The van der Waals surface area contributed by atoms with Crippen LogP contribution >= 0.6 is 0 Å². The molecular formula is C25H21FN2O2. The molecule has 0 aliphatic rings.